The van der Waals surface area contributed by atoms with Gasteiger partial charge < -0.3 is 9.47 Å². The molecule has 0 saturated heterocycles. The fourth-order valence-electron chi connectivity index (χ4n) is 2.42. The lowest BCUT2D eigenvalue weighted by Gasteiger charge is -2.07. The first-order valence-corrected chi connectivity index (χ1v) is 8.48. The molecule has 0 spiro atoms. The molecule has 0 aliphatic rings. The average molecular weight is 351 g/mol. The number of ether oxygens (including phenoxy) is 2. The number of benzene rings is 1. The summed E-state index contributed by atoms with van der Waals surface area (Å²) < 4.78 is 11.0. The number of rotatable bonds is 7. The standard InChI is InChI=1S/C20H21N3O3/c1-14(2)11-16-12-19(23-22-16)20(24)26-18-5-3-17(4-6-18)25-13-15-7-9-21-10-8-15/h3-10,12,14H,11,13H2,1-2H3,(H,22,23). The summed E-state index contributed by atoms with van der Waals surface area (Å²) in [5.41, 5.74) is 2.23. The lowest BCUT2D eigenvalue weighted by molar-refractivity contribution is 0.0728. The smallest absolute Gasteiger partial charge is 0.364 e. The number of carbonyl (C=O) groups is 1. The van der Waals surface area contributed by atoms with Gasteiger partial charge in [0.15, 0.2) is 5.69 Å². The van der Waals surface area contributed by atoms with Gasteiger partial charge in [0.05, 0.1) is 0 Å². The number of nitrogens with one attached hydrogen (secondary N) is 1. The molecule has 0 bridgehead atoms. The molecular formula is C20H21N3O3. The van der Waals surface area contributed by atoms with Crippen molar-refractivity contribution in [1.29, 1.82) is 0 Å². The van der Waals surface area contributed by atoms with Crippen LogP contribution in [0, 0.1) is 5.92 Å². The van der Waals surface area contributed by atoms with Crippen LogP contribution >= 0.6 is 0 Å². The molecule has 2 heterocycles. The number of esters is 1. The van der Waals surface area contributed by atoms with E-state index in [9.17, 15) is 4.79 Å². The molecule has 1 aromatic carbocycles. The van der Waals surface area contributed by atoms with E-state index in [1.807, 2.05) is 12.1 Å². The fourth-order valence-corrected chi connectivity index (χ4v) is 2.42. The van der Waals surface area contributed by atoms with Gasteiger partial charge in [-0.25, -0.2) is 4.79 Å². The van der Waals surface area contributed by atoms with E-state index in [1.165, 1.54) is 0 Å². The van der Waals surface area contributed by atoms with Gasteiger partial charge in [-0.15, -0.1) is 0 Å². The maximum absolute atomic E-state index is 12.2. The molecule has 0 fully saturated rings. The predicted molar refractivity (Wildman–Crippen MR) is 97.1 cm³/mol. The Hall–Kier alpha value is -3.15. The predicted octanol–water partition coefficient (Wildman–Crippen LogP) is 3.80. The number of H-pyrrole nitrogens is 1. The van der Waals surface area contributed by atoms with Crippen LogP contribution in [0.3, 0.4) is 0 Å². The van der Waals surface area contributed by atoms with Crippen LogP contribution in [0.4, 0.5) is 0 Å². The molecule has 0 radical (unpaired) electrons. The van der Waals surface area contributed by atoms with Gasteiger partial charge in [0.25, 0.3) is 0 Å². The molecule has 0 amide bonds. The van der Waals surface area contributed by atoms with E-state index in [4.69, 9.17) is 9.47 Å². The quantitative estimate of drug-likeness (QED) is 0.517. The third-order valence-corrected chi connectivity index (χ3v) is 3.66. The molecule has 0 atom stereocenters. The van der Waals surface area contributed by atoms with E-state index < -0.39 is 5.97 Å². The van der Waals surface area contributed by atoms with E-state index in [-0.39, 0.29) is 5.69 Å². The van der Waals surface area contributed by atoms with Gasteiger partial charge in [0.1, 0.15) is 18.1 Å². The van der Waals surface area contributed by atoms with Crippen molar-refractivity contribution >= 4 is 5.97 Å². The summed E-state index contributed by atoms with van der Waals surface area (Å²) in [5.74, 6) is 1.14. The Balaban J connectivity index is 1.55. The Morgan fingerprint density at radius 1 is 1.08 bits per heavy atom. The van der Waals surface area contributed by atoms with Gasteiger partial charge >= 0.3 is 5.97 Å². The van der Waals surface area contributed by atoms with Crippen LogP contribution in [0.15, 0.2) is 54.9 Å². The number of aromatic nitrogens is 3. The maximum atomic E-state index is 12.2. The van der Waals surface area contributed by atoms with Crippen molar-refractivity contribution in [2.24, 2.45) is 5.92 Å². The third kappa shape index (κ3) is 4.92. The third-order valence-electron chi connectivity index (χ3n) is 3.66. The molecule has 0 unspecified atom stereocenters. The normalized spacial score (nSPS) is 10.7. The minimum atomic E-state index is -0.485. The van der Waals surface area contributed by atoms with Crippen LogP contribution in [-0.2, 0) is 13.0 Å². The fraction of sp³-hybridized carbons (Fsp3) is 0.250. The zero-order valence-corrected chi connectivity index (χ0v) is 14.8. The highest BCUT2D eigenvalue weighted by atomic mass is 16.5. The second kappa shape index (κ2) is 8.29. The zero-order valence-electron chi connectivity index (χ0n) is 14.8. The minimum absolute atomic E-state index is 0.277. The minimum Gasteiger partial charge on any atom is -0.489 e. The van der Waals surface area contributed by atoms with Crippen molar-refractivity contribution in [2.45, 2.75) is 26.9 Å². The lowest BCUT2D eigenvalue weighted by Crippen LogP contribution is -2.08. The van der Waals surface area contributed by atoms with E-state index in [0.29, 0.717) is 24.0 Å². The van der Waals surface area contributed by atoms with Crippen molar-refractivity contribution in [3.8, 4) is 11.5 Å². The first kappa shape index (κ1) is 17.7. The molecule has 3 aromatic rings. The number of carbonyl (C=O) groups excluding carboxylic acids is 1. The molecule has 0 aliphatic carbocycles. The molecule has 2 aromatic heterocycles. The zero-order chi connectivity index (χ0) is 18.4. The summed E-state index contributed by atoms with van der Waals surface area (Å²) in [4.78, 5) is 16.1. The van der Waals surface area contributed by atoms with Gasteiger partial charge in [0, 0.05) is 18.1 Å². The molecule has 3 rings (SSSR count). The second-order valence-electron chi connectivity index (χ2n) is 6.38. The van der Waals surface area contributed by atoms with E-state index in [2.05, 4.69) is 29.0 Å². The van der Waals surface area contributed by atoms with Crippen molar-refractivity contribution in [2.75, 3.05) is 0 Å². The van der Waals surface area contributed by atoms with Gasteiger partial charge in [-0.3, -0.25) is 10.1 Å². The van der Waals surface area contributed by atoms with Crippen LogP contribution in [0.2, 0.25) is 0 Å². The molecule has 1 N–H and O–H groups in total. The molecular weight excluding hydrogens is 330 g/mol. The highest BCUT2D eigenvalue weighted by molar-refractivity contribution is 5.89. The topological polar surface area (TPSA) is 77.1 Å². The number of aromatic amines is 1. The molecule has 6 nitrogen and oxygen atoms in total. The van der Waals surface area contributed by atoms with Crippen LogP contribution in [0.1, 0.15) is 35.6 Å². The van der Waals surface area contributed by atoms with Crippen LogP contribution in [-0.4, -0.2) is 21.2 Å². The summed E-state index contributed by atoms with van der Waals surface area (Å²) >= 11 is 0. The van der Waals surface area contributed by atoms with Crippen LogP contribution < -0.4 is 9.47 Å². The van der Waals surface area contributed by atoms with Crippen molar-refractivity contribution < 1.29 is 14.3 Å². The highest BCUT2D eigenvalue weighted by Crippen LogP contribution is 2.19. The number of hydrogen-bond donors (Lipinski definition) is 1. The summed E-state index contributed by atoms with van der Waals surface area (Å²) in [6.07, 6.45) is 4.29. The monoisotopic (exact) mass is 351 g/mol. The largest absolute Gasteiger partial charge is 0.489 e. The van der Waals surface area contributed by atoms with E-state index >= 15 is 0 Å². The Labute approximate surface area is 152 Å². The maximum Gasteiger partial charge on any atom is 0.364 e. The Kier molecular flexibility index (Phi) is 5.63. The second-order valence-corrected chi connectivity index (χ2v) is 6.38. The summed E-state index contributed by atoms with van der Waals surface area (Å²) in [6.45, 7) is 4.67. The van der Waals surface area contributed by atoms with Crippen LogP contribution in [0.5, 0.6) is 11.5 Å². The molecule has 6 heteroatoms. The van der Waals surface area contributed by atoms with Crippen LogP contribution in [0.25, 0.3) is 0 Å². The average Bonchev–Trinajstić information content (AvgIpc) is 3.10. The van der Waals surface area contributed by atoms with E-state index in [1.54, 1.807) is 42.7 Å². The molecule has 134 valence electrons. The Morgan fingerprint density at radius 3 is 2.46 bits per heavy atom. The molecule has 0 saturated carbocycles. The van der Waals surface area contributed by atoms with Gasteiger partial charge in [0.2, 0.25) is 0 Å². The number of hydrogen-bond acceptors (Lipinski definition) is 5. The van der Waals surface area contributed by atoms with Crippen molar-refractivity contribution in [3.63, 3.8) is 0 Å². The van der Waals surface area contributed by atoms with Gasteiger partial charge in [-0.2, -0.15) is 5.10 Å². The summed E-state index contributed by atoms with van der Waals surface area (Å²) in [7, 11) is 0. The lowest BCUT2D eigenvalue weighted by atomic mass is 10.1. The SMILES string of the molecule is CC(C)Cc1cc(C(=O)Oc2ccc(OCc3ccncc3)cc2)n[nH]1. The highest BCUT2D eigenvalue weighted by Gasteiger charge is 2.13. The summed E-state index contributed by atoms with van der Waals surface area (Å²) in [6, 6.07) is 12.4. The first-order chi connectivity index (χ1) is 12.6. The van der Waals surface area contributed by atoms with Crippen molar-refractivity contribution in [3.05, 3.63) is 71.8 Å². The Morgan fingerprint density at radius 2 is 1.77 bits per heavy atom. The van der Waals surface area contributed by atoms with E-state index in [0.717, 1.165) is 17.7 Å². The number of nitrogens with zero attached hydrogens (tertiary/aromatic N) is 2. The van der Waals surface area contributed by atoms with Gasteiger partial charge in [-0.1, -0.05) is 13.8 Å². The van der Waals surface area contributed by atoms with Gasteiger partial charge in [-0.05, 0) is 60.4 Å². The Bertz CT molecular complexity index is 842. The number of pyridine rings is 1. The molecule has 0 aliphatic heterocycles. The van der Waals surface area contributed by atoms with Crippen molar-refractivity contribution in [1.82, 2.24) is 15.2 Å². The first-order valence-electron chi connectivity index (χ1n) is 8.48. The summed E-state index contributed by atoms with van der Waals surface area (Å²) in [5, 5.41) is 6.89. The molecule has 26 heavy (non-hydrogen) atoms.